The normalized spacial score (nSPS) is 28.0. The van der Waals surface area contributed by atoms with Gasteiger partial charge in [-0.3, -0.25) is 9.79 Å². The van der Waals surface area contributed by atoms with Gasteiger partial charge in [-0.1, -0.05) is 6.08 Å². The Morgan fingerprint density at radius 1 is 1.24 bits per heavy atom. The minimum atomic E-state index is -4.59. The summed E-state index contributed by atoms with van der Waals surface area (Å²) in [6.07, 6.45) is 3.72. The maximum Gasteiger partial charge on any atom is 0.417 e. The number of allylic oxidation sites excluding steroid dienone is 1. The predicted octanol–water partition coefficient (Wildman–Crippen LogP) is 4.13. The zero-order valence-electron chi connectivity index (χ0n) is 15.6. The Morgan fingerprint density at radius 3 is 2.62 bits per heavy atom. The average molecular weight is 403 g/mol. The van der Waals surface area contributed by atoms with Crippen molar-refractivity contribution in [3.8, 4) is 11.8 Å². The lowest BCUT2D eigenvalue weighted by atomic mass is 9.53. The molecule has 0 radical (unpaired) electrons. The number of alkyl halides is 3. The first-order chi connectivity index (χ1) is 13.8. The number of nitrogens with one attached hydrogen (secondary N) is 1. The number of ether oxygens (including phenoxy) is 1. The number of nitriles is 1. The molecule has 0 bridgehead atoms. The molecule has 3 aliphatic rings. The maximum atomic E-state index is 13.1. The molecule has 1 amide bonds. The largest absolute Gasteiger partial charge is 0.490 e. The molecule has 1 aliphatic heterocycles. The number of amides is 1. The topological polar surface area (TPSA) is 74.5 Å². The first-order valence-electron chi connectivity index (χ1n) is 9.60. The summed E-state index contributed by atoms with van der Waals surface area (Å²) in [5.74, 6) is -0.0207. The molecule has 2 saturated carbocycles. The third kappa shape index (κ3) is 4.00. The van der Waals surface area contributed by atoms with Crippen LogP contribution >= 0.6 is 0 Å². The van der Waals surface area contributed by atoms with Crippen molar-refractivity contribution in [1.82, 2.24) is 5.32 Å². The highest BCUT2D eigenvalue weighted by Gasteiger charge is 2.54. The molecule has 1 aromatic rings. The van der Waals surface area contributed by atoms with Gasteiger partial charge in [0.2, 0.25) is 0 Å². The van der Waals surface area contributed by atoms with E-state index in [1.54, 1.807) is 12.3 Å². The van der Waals surface area contributed by atoms with Crippen LogP contribution in [0.5, 0.6) is 5.75 Å². The van der Waals surface area contributed by atoms with Crippen LogP contribution in [0.15, 0.2) is 35.0 Å². The van der Waals surface area contributed by atoms with E-state index in [2.05, 4.69) is 10.3 Å². The van der Waals surface area contributed by atoms with Crippen molar-refractivity contribution in [1.29, 1.82) is 5.26 Å². The molecule has 2 aliphatic carbocycles. The number of hydrogen-bond acceptors (Lipinski definition) is 4. The van der Waals surface area contributed by atoms with Crippen LogP contribution in [-0.2, 0) is 11.0 Å². The van der Waals surface area contributed by atoms with Crippen molar-refractivity contribution in [3.63, 3.8) is 0 Å². The van der Waals surface area contributed by atoms with Gasteiger partial charge in [-0.2, -0.15) is 18.4 Å². The molecule has 29 heavy (non-hydrogen) atoms. The van der Waals surface area contributed by atoms with Gasteiger partial charge in [0, 0.05) is 12.3 Å². The van der Waals surface area contributed by atoms with Crippen molar-refractivity contribution >= 4 is 12.1 Å². The van der Waals surface area contributed by atoms with Gasteiger partial charge < -0.3 is 10.1 Å². The summed E-state index contributed by atoms with van der Waals surface area (Å²) in [5.41, 5.74) is -0.817. The van der Waals surface area contributed by atoms with Gasteiger partial charge >= 0.3 is 6.18 Å². The van der Waals surface area contributed by atoms with Crippen molar-refractivity contribution in [3.05, 3.63) is 41.1 Å². The van der Waals surface area contributed by atoms with E-state index in [-0.39, 0.29) is 29.2 Å². The van der Waals surface area contributed by atoms with Gasteiger partial charge in [0.05, 0.1) is 23.3 Å². The lowest BCUT2D eigenvalue weighted by molar-refractivity contribution is -0.138. The summed E-state index contributed by atoms with van der Waals surface area (Å²) in [4.78, 5) is 16.3. The van der Waals surface area contributed by atoms with Gasteiger partial charge in [0.25, 0.3) is 5.91 Å². The summed E-state index contributed by atoms with van der Waals surface area (Å²) in [6, 6.07) is 5.11. The monoisotopic (exact) mass is 403 g/mol. The smallest absolute Gasteiger partial charge is 0.417 e. The van der Waals surface area contributed by atoms with Crippen LogP contribution in [0.3, 0.4) is 0 Å². The lowest BCUT2D eigenvalue weighted by Gasteiger charge is -2.57. The Labute approximate surface area is 166 Å². The summed E-state index contributed by atoms with van der Waals surface area (Å²) < 4.78 is 44.9. The number of hydrogen-bond donors (Lipinski definition) is 1. The predicted molar refractivity (Wildman–Crippen MR) is 99.2 cm³/mol. The standard InChI is InChI=1S/C21H20F3N3O2/c22-21(23,24)17-7-15(5-4-13(17)12-25)29-16-10-20(11-16)8-14(9-20)27-19(28)18-3-1-2-6-26-18/h3-7,14,16H,1-2,8-11H2,(H,27,28). The van der Waals surface area contributed by atoms with Crippen molar-refractivity contribution in [2.75, 3.05) is 0 Å². The molecule has 0 atom stereocenters. The summed E-state index contributed by atoms with van der Waals surface area (Å²) in [6.45, 7) is 0. The minimum absolute atomic E-state index is 0.103. The van der Waals surface area contributed by atoms with Gasteiger partial charge in [-0.05, 0) is 62.1 Å². The fourth-order valence-electron chi connectivity index (χ4n) is 4.45. The number of benzene rings is 1. The fraction of sp³-hybridized carbons (Fsp3) is 0.476. The van der Waals surface area contributed by atoms with Gasteiger partial charge in [-0.15, -0.1) is 0 Å². The molecule has 1 aromatic carbocycles. The van der Waals surface area contributed by atoms with Crippen LogP contribution in [-0.4, -0.2) is 24.3 Å². The SMILES string of the molecule is N#Cc1ccc(OC2CC3(CC(NC(=O)C4=CCCC=N4)C3)C2)cc1C(F)(F)F. The Morgan fingerprint density at radius 2 is 2.00 bits per heavy atom. The van der Waals surface area contributed by atoms with Gasteiger partial charge in [0.15, 0.2) is 0 Å². The van der Waals surface area contributed by atoms with Crippen molar-refractivity contribution in [2.45, 2.75) is 56.8 Å². The van der Waals surface area contributed by atoms with Crippen molar-refractivity contribution < 1.29 is 22.7 Å². The molecular weight excluding hydrogens is 383 g/mol. The second-order valence-corrected chi connectivity index (χ2v) is 8.02. The van der Waals surface area contributed by atoms with E-state index in [9.17, 15) is 18.0 Å². The molecule has 5 nitrogen and oxygen atoms in total. The van der Waals surface area contributed by atoms with E-state index >= 15 is 0 Å². The summed E-state index contributed by atoms with van der Waals surface area (Å²) in [7, 11) is 0. The molecule has 1 N–H and O–H groups in total. The molecule has 1 spiro atoms. The molecule has 8 heteroatoms. The first kappa shape index (κ1) is 19.5. The Bertz CT molecular complexity index is 916. The van der Waals surface area contributed by atoms with Crippen LogP contribution in [0.25, 0.3) is 0 Å². The van der Waals surface area contributed by atoms with Crippen LogP contribution in [0, 0.1) is 16.7 Å². The first-order valence-corrected chi connectivity index (χ1v) is 9.60. The molecule has 4 rings (SSSR count). The molecule has 0 unspecified atom stereocenters. The Hall–Kier alpha value is -2.82. The fourth-order valence-corrected chi connectivity index (χ4v) is 4.45. The number of halogens is 3. The third-order valence-corrected chi connectivity index (χ3v) is 5.83. The van der Waals surface area contributed by atoms with Gasteiger partial charge in [0.1, 0.15) is 11.4 Å². The van der Waals surface area contributed by atoms with Crippen LogP contribution < -0.4 is 10.1 Å². The number of nitrogens with zero attached hydrogens (tertiary/aromatic N) is 2. The average Bonchev–Trinajstić information content (AvgIpc) is 2.64. The van der Waals surface area contributed by atoms with Crippen molar-refractivity contribution in [2.24, 2.45) is 10.4 Å². The second-order valence-electron chi connectivity index (χ2n) is 8.02. The van der Waals surface area contributed by atoms with Gasteiger partial charge in [-0.25, -0.2) is 0 Å². The van der Waals surface area contributed by atoms with E-state index in [1.807, 2.05) is 6.08 Å². The van der Waals surface area contributed by atoms with E-state index in [1.165, 1.54) is 6.07 Å². The minimum Gasteiger partial charge on any atom is -0.490 e. The molecular formula is C21H20F3N3O2. The highest BCUT2D eigenvalue weighted by molar-refractivity contribution is 5.95. The lowest BCUT2D eigenvalue weighted by Crippen LogP contribution is -2.58. The Kier molecular flexibility index (Phi) is 4.85. The molecule has 0 saturated heterocycles. The quantitative estimate of drug-likeness (QED) is 0.821. The highest BCUT2D eigenvalue weighted by atomic mass is 19.4. The van der Waals surface area contributed by atoms with E-state index < -0.39 is 17.3 Å². The molecule has 0 aromatic heterocycles. The summed E-state index contributed by atoms with van der Waals surface area (Å²) >= 11 is 0. The molecule has 1 heterocycles. The van der Waals surface area contributed by atoms with Crippen LogP contribution in [0.4, 0.5) is 13.2 Å². The Balaban J connectivity index is 1.27. The number of carbonyl (C=O) groups is 1. The zero-order chi connectivity index (χ0) is 20.6. The number of rotatable bonds is 4. The van der Waals surface area contributed by atoms with E-state index in [4.69, 9.17) is 10.00 Å². The molecule has 152 valence electrons. The number of carbonyl (C=O) groups excluding carboxylic acids is 1. The highest BCUT2D eigenvalue weighted by Crippen LogP contribution is 2.57. The third-order valence-electron chi connectivity index (χ3n) is 5.83. The zero-order valence-corrected chi connectivity index (χ0v) is 15.6. The van der Waals surface area contributed by atoms with Crippen LogP contribution in [0.1, 0.15) is 49.7 Å². The maximum absolute atomic E-state index is 13.1. The number of aliphatic imine (C=N–C) groups is 1. The summed E-state index contributed by atoms with van der Waals surface area (Å²) in [5, 5.41) is 11.9. The van der Waals surface area contributed by atoms with Crippen LogP contribution in [0.2, 0.25) is 0 Å². The van der Waals surface area contributed by atoms with E-state index in [0.29, 0.717) is 5.70 Å². The van der Waals surface area contributed by atoms with E-state index in [0.717, 1.165) is 50.7 Å². The molecule has 2 fully saturated rings. The second kappa shape index (κ2) is 7.21.